The molecule has 0 aliphatic heterocycles. The third-order valence-corrected chi connectivity index (χ3v) is 3.08. The first-order chi connectivity index (χ1) is 9.99. The van der Waals surface area contributed by atoms with Gasteiger partial charge in [-0.15, -0.1) is 0 Å². The third kappa shape index (κ3) is 4.44. The van der Waals surface area contributed by atoms with Gasteiger partial charge in [0, 0.05) is 44.0 Å². The molecule has 6 nitrogen and oxygen atoms in total. The molecule has 0 bridgehead atoms. The van der Waals surface area contributed by atoms with Crippen molar-refractivity contribution in [1.29, 1.82) is 0 Å². The summed E-state index contributed by atoms with van der Waals surface area (Å²) >= 11 is 0. The molecule has 2 heterocycles. The van der Waals surface area contributed by atoms with E-state index in [1.807, 2.05) is 30.1 Å². The highest BCUT2D eigenvalue weighted by Crippen LogP contribution is 2.22. The third-order valence-electron chi connectivity index (χ3n) is 3.08. The maximum atomic E-state index is 4.60. The molecule has 2 aromatic heterocycles. The smallest absolute Gasteiger partial charge is 0.138 e. The summed E-state index contributed by atoms with van der Waals surface area (Å²) in [6, 6.07) is 3.87. The molecule has 0 aliphatic carbocycles. The van der Waals surface area contributed by atoms with E-state index in [0.717, 1.165) is 37.0 Å². The number of aryl methyl sites for hydroxylation is 1. The predicted octanol–water partition coefficient (Wildman–Crippen LogP) is 2.51. The average molecular weight is 288 g/mol. The van der Waals surface area contributed by atoms with Gasteiger partial charge in [-0.05, 0) is 12.5 Å². The lowest BCUT2D eigenvalue weighted by Gasteiger charge is -2.18. The van der Waals surface area contributed by atoms with Gasteiger partial charge in [0.2, 0.25) is 0 Å². The summed E-state index contributed by atoms with van der Waals surface area (Å²) < 4.78 is 1.93. The Kier molecular flexibility index (Phi) is 4.77. The van der Waals surface area contributed by atoms with Crippen molar-refractivity contribution in [2.45, 2.75) is 39.2 Å². The van der Waals surface area contributed by atoms with Crippen LogP contribution in [-0.2, 0) is 12.0 Å². The molecule has 0 atom stereocenters. The lowest BCUT2D eigenvalue weighted by molar-refractivity contribution is 0.546. The van der Waals surface area contributed by atoms with E-state index < -0.39 is 0 Å². The van der Waals surface area contributed by atoms with Gasteiger partial charge < -0.3 is 10.6 Å². The van der Waals surface area contributed by atoms with Crippen LogP contribution in [0.5, 0.6) is 0 Å². The maximum Gasteiger partial charge on any atom is 0.138 e. The highest BCUT2D eigenvalue weighted by Gasteiger charge is 2.18. The number of rotatable bonds is 6. The van der Waals surface area contributed by atoms with E-state index >= 15 is 0 Å². The van der Waals surface area contributed by atoms with Crippen molar-refractivity contribution in [2.24, 2.45) is 0 Å². The molecule has 0 aromatic carbocycles. The molecular weight excluding hydrogens is 264 g/mol. The number of aromatic nitrogens is 4. The van der Waals surface area contributed by atoms with Crippen molar-refractivity contribution in [3.05, 3.63) is 30.4 Å². The first kappa shape index (κ1) is 15.3. The fourth-order valence-electron chi connectivity index (χ4n) is 1.89. The van der Waals surface area contributed by atoms with Gasteiger partial charge in [0.25, 0.3) is 0 Å². The highest BCUT2D eigenvalue weighted by atomic mass is 15.3. The molecule has 2 N–H and O–H groups in total. The first-order valence-corrected chi connectivity index (χ1v) is 7.27. The quantitative estimate of drug-likeness (QED) is 0.799. The average Bonchev–Trinajstić information content (AvgIpc) is 2.95. The summed E-state index contributed by atoms with van der Waals surface area (Å²) in [6.07, 6.45) is 4.76. The molecule has 21 heavy (non-hydrogen) atoms. The van der Waals surface area contributed by atoms with Crippen molar-refractivity contribution < 1.29 is 0 Å². The van der Waals surface area contributed by atoms with Gasteiger partial charge in [-0.2, -0.15) is 5.10 Å². The number of hydrogen-bond donors (Lipinski definition) is 2. The SMILES string of the molecule is CNc1cc(NCCCn2cccn2)nc(C(C)(C)C)n1. The van der Waals surface area contributed by atoms with E-state index in [9.17, 15) is 0 Å². The standard InChI is InChI=1S/C15H24N6/c1-15(2,3)14-19-12(16-4)11-13(20-14)17-7-5-9-21-10-6-8-18-21/h6,8,10-11H,5,7,9H2,1-4H3,(H2,16,17,19,20). The van der Waals surface area contributed by atoms with Crippen LogP contribution in [-0.4, -0.2) is 33.3 Å². The van der Waals surface area contributed by atoms with Gasteiger partial charge in [-0.1, -0.05) is 20.8 Å². The number of nitrogens with zero attached hydrogens (tertiary/aromatic N) is 4. The van der Waals surface area contributed by atoms with Gasteiger partial charge in [0.05, 0.1) is 0 Å². The zero-order valence-electron chi connectivity index (χ0n) is 13.2. The molecule has 6 heteroatoms. The topological polar surface area (TPSA) is 67.7 Å². The Bertz CT molecular complexity index is 556. The van der Waals surface area contributed by atoms with Crippen LogP contribution in [0.3, 0.4) is 0 Å². The number of anilines is 2. The highest BCUT2D eigenvalue weighted by molar-refractivity contribution is 5.47. The molecule has 0 amide bonds. The zero-order chi connectivity index (χ0) is 15.3. The van der Waals surface area contributed by atoms with Crippen LogP contribution in [0.2, 0.25) is 0 Å². The van der Waals surface area contributed by atoms with E-state index in [1.165, 1.54) is 0 Å². The molecule has 0 fully saturated rings. The first-order valence-electron chi connectivity index (χ1n) is 7.27. The summed E-state index contributed by atoms with van der Waals surface area (Å²) in [6.45, 7) is 8.09. The van der Waals surface area contributed by atoms with Crippen molar-refractivity contribution in [3.63, 3.8) is 0 Å². The molecule has 0 saturated carbocycles. The van der Waals surface area contributed by atoms with Gasteiger partial charge in [0.1, 0.15) is 17.5 Å². The molecule has 2 aromatic rings. The summed E-state index contributed by atoms with van der Waals surface area (Å²) in [5, 5.41) is 10.6. The predicted molar refractivity (Wildman–Crippen MR) is 85.6 cm³/mol. The molecule has 0 saturated heterocycles. The molecule has 0 unspecified atom stereocenters. The zero-order valence-corrected chi connectivity index (χ0v) is 13.2. The van der Waals surface area contributed by atoms with Gasteiger partial charge in [-0.25, -0.2) is 9.97 Å². The Morgan fingerprint density at radius 3 is 2.57 bits per heavy atom. The minimum absolute atomic E-state index is 0.0711. The Labute approximate surface area is 126 Å². The van der Waals surface area contributed by atoms with Crippen molar-refractivity contribution in [3.8, 4) is 0 Å². The van der Waals surface area contributed by atoms with Crippen molar-refractivity contribution >= 4 is 11.6 Å². The van der Waals surface area contributed by atoms with Gasteiger partial charge in [0.15, 0.2) is 0 Å². The lowest BCUT2D eigenvalue weighted by atomic mass is 9.96. The van der Waals surface area contributed by atoms with Crippen LogP contribution in [0.1, 0.15) is 33.0 Å². The lowest BCUT2D eigenvalue weighted by Crippen LogP contribution is -2.18. The summed E-state index contributed by atoms with van der Waals surface area (Å²) in [5.41, 5.74) is -0.0711. The van der Waals surface area contributed by atoms with Gasteiger partial charge >= 0.3 is 0 Å². The van der Waals surface area contributed by atoms with Crippen molar-refractivity contribution in [1.82, 2.24) is 19.7 Å². The Morgan fingerprint density at radius 2 is 1.95 bits per heavy atom. The Hall–Kier alpha value is -2.11. The Balaban J connectivity index is 1.95. The second kappa shape index (κ2) is 6.56. The molecular formula is C15H24N6. The van der Waals surface area contributed by atoms with Crippen LogP contribution in [0.15, 0.2) is 24.5 Å². The van der Waals surface area contributed by atoms with E-state index in [4.69, 9.17) is 0 Å². The van der Waals surface area contributed by atoms with Gasteiger partial charge in [-0.3, -0.25) is 4.68 Å². The largest absolute Gasteiger partial charge is 0.373 e. The molecule has 0 radical (unpaired) electrons. The molecule has 2 rings (SSSR count). The summed E-state index contributed by atoms with van der Waals surface area (Å²) in [5.74, 6) is 2.54. The van der Waals surface area contributed by atoms with Crippen LogP contribution >= 0.6 is 0 Å². The van der Waals surface area contributed by atoms with E-state index in [1.54, 1.807) is 6.20 Å². The minimum Gasteiger partial charge on any atom is -0.373 e. The minimum atomic E-state index is -0.0711. The fraction of sp³-hybridized carbons (Fsp3) is 0.533. The summed E-state index contributed by atoms with van der Waals surface area (Å²) in [7, 11) is 1.87. The molecule has 0 spiro atoms. The van der Waals surface area contributed by atoms with Crippen molar-refractivity contribution in [2.75, 3.05) is 24.2 Å². The monoisotopic (exact) mass is 288 g/mol. The maximum absolute atomic E-state index is 4.60. The second-order valence-corrected chi connectivity index (χ2v) is 6.01. The number of nitrogens with one attached hydrogen (secondary N) is 2. The Morgan fingerprint density at radius 1 is 1.19 bits per heavy atom. The number of hydrogen-bond acceptors (Lipinski definition) is 5. The van der Waals surface area contributed by atoms with E-state index in [0.29, 0.717) is 0 Å². The van der Waals surface area contributed by atoms with Crippen LogP contribution in [0.4, 0.5) is 11.6 Å². The molecule has 0 aliphatic rings. The van der Waals surface area contributed by atoms with Crippen LogP contribution < -0.4 is 10.6 Å². The second-order valence-electron chi connectivity index (χ2n) is 6.01. The van der Waals surface area contributed by atoms with Crippen LogP contribution in [0.25, 0.3) is 0 Å². The fourth-order valence-corrected chi connectivity index (χ4v) is 1.89. The van der Waals surface area contributed by atoms with E-state index in [-0.39, 0.29) is 5.41 Å². The summed E-state index contributed by atoms with van der Waals surface area (Å²) in [4.78, 5) is 9.12. The molecule has 114 valence electrons. The normalized spacial score (nSPS) is 11.4. The van der Waals surface area contributed by atoms with E-state index in [2.05, 4.69) is 46.5 Å². The van der Waals surface area contributed by atoms with Crippen LogP contribution in [0, 0.1) is 0 Å².